The number of halogens is 1. The first-order chi connectivity index (χ1) is 8.33. The molecule has 0 aliphatic heterocycles. The van der Waals surface area contributed by atoms with Crippen molar-refractivity contribution < 1.29 is 0 Å². The summed E-state index contributed by atoms with van der Waals surface area (Å²) in [6.07, 6.45) is 15.4. The van der Waals surface area contributed by atoms with Crippen molar-refractivity contribution in [2.75, 3.05) is 6.66 Å². The van der Waals surface area contributed by atoms with Crippen molar-refractivity contribution in [2.24, 2.45) is 17.8 Å². The fourth-order valence-electron chi connectivity index (χ4n) is 4.24. The Morgan fingerprint density at radius 1 is 0.833 bits per heavy atom. The van der Waals surface area contributed by atoms with E-state index in [1.54, 1.807) is 51.4 Å². The fraction of sp³-hybridized carbons (Fsp3) is 1.00. The predicted octanol–water partition coefficient (Wildman–Crippen LogP) is 6.08. The zero-order chi connectivity index (χ0) is 12.1. The van der Waals surface area contributed by atoms with Crippen LogP contribution >= 0.6 is 32.6 Å². The fourth-order valence-corrected chi connectivity index (χ4v) is 5.15. The standard InChI is InChI=1S/C16H31P.HI/c1-3-4-13-5-7-14(8-6-13)15-9-11-16(17-2)12-10-15;/h13-17H,3-12H2,1-2H3;1H. The summed E-state index contributed by atoms with van der Waals surface area (Å²) in [7, 11) is 1.20. The van der Waals surface area contributed by atoms with E-state index >= 15 is 0 Å². The van der Waals surface area contributed by atoms with Gasteiger partial charge >= 0.3 is 0 Å². The SMILES string of the molecule is CCCC1CCC(C2CCC(PC)CC2)CC1.I. The second kappa shape index (κ2) is 9.16. The van der Waals surface area contributed by atoms with Gasteiger partial charge in [0.25, 0.3) is 0 Å². The van der Waals surface area contributed by atoms with Gasteiger partial charge in [-0.3, -0.25) is 0 Å². The highest BCUT2D eigenvalue weighted by molar-refractivity contribution is 14.0. The van der Waals surface area contributed by atoms with Gasteiger partial charge < -0.3 is 0 Å². The van der Waals surface area contributed by atoms with Gasteiger partial charge in [0.05, 0.1) is 0 Å². The smallest absolute Gasteiger partial charge is 0.0239 e. The van der Waals surface area contributed by atoms with Gasteiger partial charge in [-0.05, 0) is 68.6 Å². The highest BCUT2D eigenvalue weighted by atomic mass is 127. The van der Waals surface area contributed by atoms with Gasteiger partial charge in [0.2, 0.25) is 0 Å². The molecule has 0 heterocycles. The number of hydrogen-bond donors (Lipinski definition) is 0. The molecule has 0 nitrogen and oxygen atoms in total. The average Bonchev–Trinajstić information content (AvgIpc) is 2.40. The lowest BCUT2D eigenvalue weighted by molar-refractivity contribution is 0.164. The molecule has 18 heavy (non-hydrogen) atoms. The van der Waals surface area contributed by atoms with E-state index < -0.39 is 0 Å². The minimum Gasteiger partial charge on any atom is -0.122 e. The van der Waals surface area contributed by atoms with E-state index in [-0.39, 0.29) is 24.0 Å². The Labute approximate surface area is 133 Å². The summed E-state index contributed by atoms with van der Waals surface area (Å²) < 4.78 is 0. The van der Waals surface area contributed by atoms with Crippen LogP contribution in [0.1, 0.15) is 71.1 Å². The Balaban J connectivity index is 0.00000162. The molecule has 2 heteroatoms. The maximum atomic E-state index is 2.40. The maximum Gasteiger partial charge on any atom is -0.0239 e. The molecule has 2 saturated carbocycles. The molecule has 0 bridgehead atoms. The zero-order valence-electron chi connectivity index (χ0n) is 12.3. The maximum absolute atomic E-state index is 2.40. The van der Waals surface area contributed by atoms with Gasteiger partial charge in [-0.2, -0.15) is 0 Å². The lowest BCUT2D eigenvalue weighted by Crippen LogP contribution is -2.26. The van der Waals surface area contributed by atoms with Gasteiger partial charge in [0.1, 0.15) is 0 Å². The molecule has 2 aliphatic rings. The van der Waals surface area contributed by atoms with Crippen LogP contribution in [-0.4, -0.2) is 12.3 Å². The number of rotatable bonds is 4. The minimum absolute atomic E-state index is 0. The molecule has 2 fully saturated rings. The van der Waals surface area contributed by atoms with Crippen molar-refractivity contribution in [3.63, 3.8) is 0 Å². The third-order valence-electron chi connectivity index (χ3n) is 5.44. The zero-order valence-corrected chi connectivity index (χ0v) is 15.6. The minimum atomic E-state index is 0. The Morgan fingerprint density at radius 3 is 1.78 bits per heavy atom. The highest BCUT2D eigenvalue weighted by Gasteiger charge is 2.30. The summed E-state index contributed by atoms with van der Waals surface area (Å²) >= 11 is 0. The third kappa shape index (κ3) is 4.93. The molecule has 1 atom stereocenters. The van der Waals surface area contributed by atoms with E-state index in [0.717, 1.165) is 23.4 Å². The molecular weight excluding hydrogens is 350 g/mol. The molecule has 1 unspecified atom stereocenters. The molecule has 0 aromatic heterocycles. The number of hydrogen-bond acceptors (Lipinski definition) is 0. The van der Waals surface area contributed by atoms with Gasteiger partial charge in [-0.25, -0.2) is 0 Å². The van der Waals surface area contributed by atoms with E-state index in [1.165, 1.54) is 21.4 Å². The van der Waals surface area contributed by atoms with Crippen molar-refractivity contribution >= 4 is 32.6 Å². The summed E-state index contributed by atoms with van der Waals surface area (Å²) in [5, 5.41) is 0. The van der Waals surface area contributed by atoms with Crippen LogP contribution < -0.4 is 0 Å². The predicted molar refractivity (Wildman–Crippen MR) is 95.8 cm³/mol. The van der Waals surface area contributed by atoms with E-state index in [2.05, 4.69) is 13.6 Å². The second-order valence-corrected chi connectivity index (χ2v) is 7.86. The van der Waals surface area contributed by atoms with Crippen LogP contribution in [-0.2, 0) is 0 Å². The molecule has 0 amide bonds. The molecule has 108 valence electrons. The first-order valence-electron chi connectivity index (χ1n) is 8.00. The highest BCUT2D eigenvalue weighted by Crippen LogP contribution is 2.43. The lowest BCUT2D eigenvalue weighted by atomic mass is 9.70. The van der Waals surface area contributed by atoms with Crippen molar-refractivity contribution in [2.45, 2.75) is 76.8 Å². The van der Waals surface area contributed by atoms with Crippen LogP contribution in [0.3, 0.4) is 0 Å². The van der Waals surface area contributed by atoms with Crippen molar-refractivity contribution in [3.05, 3.63) is 0 Å². The lowest BCUT2D eigenvalue weighted by Gasteiger charge is -2.37. The molecule has 2 aliphatic carbocycles. The van der Waals surface area contributed by atoms with Crippen LogP contribution in [0.4, 0.5) is 0 Å². The first-order valence-corrected chi connectivity index (χ1v) is 9.58. The van der Waals surface area contributed by atoms with Crippen molar-refractivity contribution in [1.82, 2.24) is 0 Å². The summed E-state index contributed by atoms with van der Waals surface area (Å²) in [6.45, 7) is 4.75. The molecular formula is C16H32IP. The first kappa shape index (κ1) is 17.2. The van der Waals surface area contributed by atoms with Crippen LogP contribution in [0.15, 0.2) is 0 Å². The van der Waals surface area contributed by atoms with Crippen LogP contribution in [0, 0.1) is 17.8 Å². The van der Waals surface area contributed by atoms with Gasteiger partial charge in [-0.1, -0.05) is 32.6 Å². The Morgan fingerprint density at radius 2 is 1.33 bits per heavy atom. The average molecular weight is 382 g/mol. The van der Waals surface area contributed by atoms with Gasteiger partial charge in [0, 0.05) is 0 Å². The molecule has 0 aromatic carbocycles. The largest absolute Gasteiger partial charge is 0.122 e. The molecule has 0 saturated heterocycles. The molecule has 0 spiro atoms. The quantitative estimate of drug-likeness (QED) is 0.408. The van der Waals surface area contributed by atoms with Crippen molar-refractivity contribution in [3.8, 4) is 0 Å². The molecule has 0 radical (unpaired) electrons. The summed E-state index contributed by atoms with van der Waals surface area (Å²) in [5.41, 5.74) is 1.10. The van der Waals surface area contributed by atoms with Crippen LogP contribution in [0.5, 0.6) is 0 Å². The van der Waals surface area contributed by atoms with Crippen LogP contribution in [0.25, 0.3) is 0 Å². The van der Waals surface area contributed by atoms with Crippen LogP contribution in [0.2, 0.25) is 0 Å². The monoisotopic (exact) mass is 382 g/mol. The summed E-state index contributed by atoms with van der Waals surface area (Å²) in [4.78, 5) is 0. The van der Waals surface area contributed by atoms with E-state index in [0.29, 0.717) is 0 Å². The Kier molecular flexibility index (Phi) is 8.76. The molecule has 0 aromatic rings. The summed E-state index contributed by atoms with van der Waals surface area (Å²) in [6, 6.07) is 0. The van der Waals surface area contributed by atoms with Gasteiger partial charge in [0.15, 0.2) is 0 Å². The second-order valence-electron chi connectivity index (χ2n) is 6.47. The summed E-state index contributed by atoms with van der Waals surface area (Å²) in [5.74, 6) is 3.32. The molecule has 0 N–H and O–H groups in total. The third-order valence-corrected chi connectivity index (χ3v) is 6.83. The van der Waals surface area contributed by atoms with Crippen molar-refractivity contribution in [1.29, 1.82) is 0 Å². The normalized spacial score (nSPS) is 37.7. The van der Waals surface area contributed by atoms with Gasteiger partial charge in [-0.15, -0.1) is 32.6 Å². The van der Waals surface area contributed by atoms with E-state index in [9.17, 15) is 0 Å². The van der Waals surface area contributed by atoms with E-state index in [4.69, 9.17) is 0 Å². The Hall–Kier alpha value is 1.16. The Bertz CT molecular complexity index is 203. The molecule has 2 rings (SSSR count). The topological polar surface area (TPSA) is 0 Å². The van der Waals surface area contributed by atoms with E-state index in [1.807, 2.05) is 0 Å².